The smallest absolute Gasteiger partial charge is 0.419 e. The van der Waals surface area contributed by atoms with E-state index in [2.05, 4.69) is 36.9 Å². The summed E-state index contributed by atoms with van der Waals surface area (Å²) >= 11 is 3.04. The number of hydrogen-bond donors (Lipinski definition) is 3. The average Bonchev–Trinajstić information content (AvgIpc) is 3.85. The fraction of sp³-hybridized carbons (Fsp3) is 0.139. The summed E-state index contributed by atoms with van der Waals surface area (Å²) in [5, 5.41) is 23.3. The summed E-state index contributed by atoms with van der Waals surface area (Å²) in [6, 6.07) is 23.2. The summed E-state index contributed by atoms with van der Waals surface area (Å²) in [5.41, 5.74) is 17.0. The topological polar surface area (TPSA) is 237 Å². The van der Waals surface area contributed by atoms with Crippen LogP contribution in [0.5, 0.6) is 0 Å². The first-order valence-electron chi connectivity index (χ1n) is 15.8. The van der Waals surface area contributed by atoms with E-state index in [0.29, 0.717) is 49.3 Å². The molecule has 4 aromatic heterocycles. The van der Waals surface area contributed by atoms with Crippen LogP contribution in [0.25, 0.3) is 55.6 Å². The van der Waals surface area contributed by atoms with E-state index >= 15 is 0 Å². The molecule has 0 unspecified atom stereocenters. The van der Waals surface area contributed by atoms with Gasteiger partial charge in [-0.3, -0.25) is 20.2 Å². The number of hydrogen-bond acceptors (Lipinski definition) is 12. The molecule has 16 nitrogen and oxygen atoms in total. The van der Waals surface area contributed by atoms with Crippen molar-refractivity contribution in [1.82, 2.24) is 19.5 Å². The predicted octanol–water partition coefficient (Wildman–Crippen LogP) is 9.28. The average molecular weight is 890 g/mol. The molecular weight excluding hydrogens is 859 g/mol. The summed E-state index contributed by atoms with van der Waals surface area (Å²) in [7, 11) is 0. The molecule has 4 aromatic carbocycles. The summed E-state index contributed by atoms with van der Waals surface area (Å²) in [6.45, 7) is 7.35. The Bertz CT molecular complexity index is 2690. The molecule has 18 heteroatoms. The van der Waals surface area contributed by atoms with Crippen molar-refractivity contribution < 1.29 is 48.6 Å². The van der Waals surface area contributed by atoms with Crippen molar-refractivity contribution in [2.24, 2.45) is 0 Å². The molecule has 0 saturated heterocycles. The van der Waals surface area contributed by atoms with Gasteiger partial charge in [0.15, 0.2) is 11.2 Å². The molecule has 0 aliphatic rings. The van der Waals surface area contributed by atoms with E-state index in [1.54, 1.807) is 45.0 Å². The van der Waals surface area contributed by atoms with Crippen molar-refractivity contribution >= 4 is 88.8 Å². The largest absolute Gasteiger partial charge is 0.443 e. The predicted molar refractivity (Wildman–Crippen MR) is 203 cm³/mol. The monoisotopic (exact) mass is 888 g/mol. The number of non-ortho nitro benzene ring substituents is 2. The quantitative estimate of drug-likeness (QED) is 0.0651. The number of nitrogen functional groups attached to an aromatic ring is 2. The van der Waals surface area contributed by atoms with Gasteiger partial charge in [0, 0.05) is 94.0 Å². The third-order valence-electron chi connectivity index (χ3n) is 7.54. The van der Waals surface area contributed by atoms with Crippen LogP contribution in [-0.4, -0.2) is 41.1 Å². The number of nitrogens with zero attached hydrogens (tertiary/aromatic N) is 5. The van der Waals surface area contributed by atoms with E-state index in [1.165, 1.54) is 52.0 Å². The van der Waals surface area contributed by atoms with E-state index in [1.807, 2.05) is 25.1 Å². The molecule has 0 aliphatic carbocycles. The number of aromatic nitrogens is 4. The van der Waals surface area contributed by atoms with Gasteiger partial charge in [-0.1, -0.05) is 0 Å². The number of nitrogens with two attached hydrogens (primary N) is 2. The van der Waals surface area contributed by atoms with Gasteiger partial charge in [0.1, 0.15) is 22.3 Å². The second-order valence-corrected chi connectivity index (χ2v) is 13.4. The Morgan fingerprint density at radius 2 is 1.39 bits per heavy atom. The van der Waals surface area contributed by atoms with E-state index < -0.39 is 21.5 Å². The van der Waals surface area contributed by atoms with Crippen molar-refractivity contribution in [2.45, 2.75) is 33.3 Å². The Balaban J connectivity index is 0.000000184. The van der Waals surface area contributed by atoms with Crippen LogP contribution in [0.3, 0.4) is 0 Å². The number of H-pyrrole nitrogens is 1. The number of oxazole rings is 2. The zero-order chi connectivity index (χ0) is 38.2. The van der Waals surface area contributed by atoms with Crippen molar-refractivity contribution in [3.8, 4) is 11.6 Å². The first-order chi connectivity index (χ1) is 25.0. The summed E-state index contributed by atoms with van der Waals surface area (Å²) < 4.78 is 17.8. The normalized spacial score (nSPS) is 11.1. The second kappa shape index (κ2) is 15.5. The van der Waals surface area contributed by atoms with Gasteiger partial charge in [-0.25, -0.2) is 19.3 Å². The molecule has 0 aliphatic heterocycles. The third kappa shape index (κ3) is 8.74. The number of carbonyl (C=O) groups is 1. The zero-order valence-corrected chi connectivity index (χ0v) is 32.1. The fourth-order valence-corrected chi connectivity index (χ4v) is 5.70. The molecule has 8 aromatic rings. The van der Waals surface area contributed by atoms with E-state index in [9.17, 15) is 25.0 Å². The van der Waals surface area contributed by atoms with Gasteiger partial charge in [0.25, 0.3) is 16.2 Å². The van der Waals surface area contributed by atoms with E-state index in [4.69, 9.17) is 25.0 Å². The van der Waals surface area contributed by atoms with Gasteiger partial charge in [0.2, 0.25) is 5.89 Å². The van der Waals surface area contributed by atoms with Crippen LogP contribution in [0.15, 0.2) is 98.6 Å². The first kappa shape index (κ1) is 39.1. The van der Waals surface area contributed by atoms with Crippen LogP contribution >= 0.6 is 15.9 Å². The van der Waals surface area contributed by atoms with Gasteiger partial charge >= 0.3 is 6.09 Å². The van der Waals surface area contributed by atoms with Crippen molar-refractivity contribution in [2.75, 3.05) is 11.5 Å². The Morgan fingerprint density at radius 1 is 0.815 bits per heavy atom. The molecule has 0 amide bonds. The Kier molecular flexibility index (Phi) is 11.2. The van der Waals surface area contributed by atoms with E-state index in [0.717, 1.165) is 11.2 Å². The molecule has 4 heterocycles. The number of fused-ring (bicyclic) bond motifs is 4. The second-order valence-electron chi connectivity index (χ2n) is 12.8. The zero-order valence-electron chi connectivity index (χ0n) is 28.9. The number of anilines is 2. The molecule has 280 valence electrons. The molecule has 8 rings (SSSR count). The number of nitrogens with one attached hydrogen (secondary N) is 1. The molecule has 0 bridgehead atoms. The maximum atomic E-state index is 12.9. The number of aromatic amines is 1. The van der Waals surface area contributed by atoms with Gasteiger partial charge in [0.05, 0.1) is 15.4 Å². The Labute approximate surface area is 327 Å². The summed E-state index contributed by atoms with van der Waals surface area (Å²) in [6.07, 6.45) is -0.597. The van der Waals surface area contributed by atoms with Gasteiger partial charge in [-0.15, -0.1) is 0 Å². The first-order valence-corrected chi connectivity index (χ1v) is 16.6. The van der Waals surface area contributed by atoms with Crippen molar-refractivity contribution in [3.05, 3.63) is 116 Å². The Morgan fingerprint density at radius 3 is 2.00 bits per heavy atom. The fourth-order valence-electron chi connectivity index (χ4n) is 5.33. The molecule has 5 N–H and O–H groups in total. The van der Waals surface area contributed by atoms with Gasteiger partial charge < -0.3 is 30.0 Å². The number of rotatable bonds is 3. The van der Waals surface area contributed by atoms with E-state index in [-0.39, 0.29) is 37.7 Å². The van der Waals surface area contributed by atoms with Crippen LogP contribution in [0.2, 0.25) is 0 Å². The maximum absolute atomic E-state index is 12.9. The number of ether oxygens (including phenoxy) is 1. The molecule has 0 fully saturated rings. The van der Waals surface area contributed by atoms with Crippen LogP contribution in [-0.2, 0) is 25.2 Å². The minimum absolute atomic E-state index is 0. The van der Waals surface area contributed by atoms with Gasteiger partial charge in [-0.05, 0) is 88.4 Å². The van der Waals surface area contributed by atoms with Crippen LogP contribution in [0.1, 0.15) is 26.5 Å². The number of carbonyl (C=O) groups excluding carboxylic acids is 1. The number of nitro benzene ring substituents is 2. The number of benzene rings is 4. The van der Waals surface area contributed by atoms with Crippen LogP contribution < -0.4 is 11.5 Å². The Hall–Kier alpha value is -6.09. The number of halogens is 1. The number of nitro groups is 2. The molecule has 0 atom stereocenters. The van der Waals surface area contributed by atoms with Crippen molar-refractivity contribution in [3.63, 3.8) is 0 Å². The summed E-state index contributed by atoms with van der Waals surface area (Å²) in [5.74, 6) is 0.140. The minimum atomic E-state index is -0.708. The molecule has 54 heavy (non-hydrogen) atoms. The maximum Gasteiger partial charge on any atom is 0.419 e. The summed E-state index contributed by atoms with van der Waals surface area (Å²) in [4.78, 5) is 45.2. The SMILES string of the molecule is CC(C)(C)OC(=O)n1c(-c2nc3cc([N+](=O)[O-])ccc3o2)cc2cc(N)ccc21.Cc1cc2cc(N)ccc2[nH]1.O=[N+]([O-])c1ccc2oc(Br)nc2c1.[Pd]. The molecular formula is C36H31BrN8O8Pd. The molecule has 0 spiro atoms. The standard InChI is InChI=1S/C20H18N4O5.C9H10N2.C7H3BrN2O3.Pd/c1-20(2,3)29-19(25)23-15-6-4-12(21)8-11(15)9-16(23)18-22-14-10-13(24(26)27)5-7-17(14)28-18;1-6-4-7-5-8(10)2-3-9(7)11-6;8-7-9-5-3-4(10(11)12)1-2-6(5)13-7;/h4-10H,21H2,1-3H3;2-5,11H,10H2,1H3;1-3H;. The molecule has 0 saturated carbocycles. The van der Waals surface area contributed by atoms with Crippen LogP contribution in [0, 0.1) is 27.2 Å². The van der Waals surface area contributed by atoms with Gasteiger partial charge in [-0.2, -0.15) is 0 Å². The van der Waals surface area contributed by atoms with Crippen molar-refractivity contribution in [1.29, 1.82) is 0 Å². The third-order valence-corrected chi connectivity index (χ3v) is 7.88. The van der Waals surface area contributed by atoms with Crippen LogP contribution in [0.4, 0.5) is 27.5 Å². The molecule has 0 radical (unpaired) electrons. The number of aryl methyl sites for hydroxylation is 1. The minimum Gasteiger partial charge on any atom is -0.443 e.